The van der Waals surface area contributed by atoms with Gasteiger partial charge in [0.05, 0.1) is 25.7 Å². The van der Waals surface area contributed by atoms with Crippen LogP contribution < -0.4 is 4.74 Å². The van der Waals surface area contributed by atoms with Crippen LogP contribution in [0.15, 0.2) is 66.1 Å². The molecule has 0 aliphatic heterocycles. The largest absolute Gasteiger partial charge is 0.508 e. The SMILES string of the molecule is CCN(C(=O)c1ccc(O)cc1)C1C=C(OC)C(OC)=CC1[C@@H]1CCc2cc(OC(=O)C(C)(C)C)ccc2C1. The fourth-order valence-electron chi connectivity index (χ4n) is 5.43. The molecule has 2 unspecified atom stereocenters. The summed E-state index contributed by atoms with van der Waals surface area (Å²) in [6, 6.07) is 12.0. The van der Waals surface area contributed by atoms with Crippen LogP contribution in [0.25, 0.3) is 0 Å². The lowest BCUT2D eigenvalue weighted by molar-refractivity contribution is -0.143. The molecule has 0 heterocycles. The number of aryl methyl sites for hydroxylation is 1. The van der Waals surface area contributed by atoms with Gasteiger partial charge < -0.3 is 24.2 Å². The Labute approximate surface area is 231 Å². The average Bonchev–Trinajstić information content (AvgIpc) is 2.92. The van der Waals surface area contributed by atoms with E-state index in [0.717, 1.165) is 19.3 Å². The highest BCUT2D eigenvalue weighted by Gasteiger charge is 2.38. The number of ether oxygens (including phenoxy) is 3. The summed E-state index contributed by atoms with van der Waals surface area (Å²) in [4.78, 5) is 27.9. The van der Waals surface area contributed by atoms with E-state index in [2.05, 4.69) is 12.1 Å². The van der Waals surface area contributed by atoms with Crippen LogP contribution in [0.3, 0.4) is 0 Å². The van der Waals surface area contributed by atoms with Gasteiger partial charge in [-0.2, -0.15) is 0 Å². The number of carbonyl (C=O) groups is 2. The molecule has 3 atom stereocenters. The summed E-state index contributed by atoms with van der Waals surface area (Å²) >= 11 is 0. The van der Waals surface area contributed by atoms with Crippen LogP contribution in [0.2, 0.25) is 0 Å². The zero-order valence-electron chi connectivity index (χ0n) is 23.7. The molecule has 1 N–H and O–H groups in total. The van der Waals surface area contributed by atoms with Crippen molar-refractivity contribution in [3.63, 3.8) is 0 Å². The molecule has 0 saturated carbocycles. The van der Waals surface area contributed by atoms with Crippen molar-refractivity contribution in [2.45, 2.75) is 53.0 Å². The molecule has 2 aliphatic carbocycles. The second-order valence-electron chi connectivity index (χ2n) is 11.2. The van der Waals surface area contributed by atoms with Crippen molar-refractivity contribution in [2.75, 3.05) is 20.8 Å². The van der Waals surface area contributed by atoms with Crippen molar-refractivity contribution in [1.29, 1.82) is 0 Å². The summed E-state index contributed by atoms with van der Waals surface area (Å²) < 4.78 is 16.9. The average molecular weight is 534 g/mol. The van der Waals surface area contributed by atoms with Gasteiger partial charge in [-0.3, -0.25) is 9.59 Å². The van der Waals surface area contributed by atoms with E-state index in [-0.39, 0.29) is 35.5 Å². The third-order valence-corrected chi connectivity index (χ3v) is 7.63. The molecule has 0 aromatic heterocycles. The van der Waals surface area contributed by atoms with E-state index in [4.69, 9.17) is 14.2 Å². The number of carbonyl (C=O) groups excluding carboxylic acids is 2. The summed E-state index contributed by atoms with van der Waals surface area (Å²) in [6.45, 7) is 8.01. The van der Waals surface area contributed by atoms with Crippen molar-refractivity contribution < 1.29 is 28.9 Å². The Morgan fingerprint density at radius 1 is 0.974 bits per heavy atom. The number of nitrogens with zero attached hydrogens (tertiary/aromatic N) is 1. The van der Waals surface area contributed by atoms with Crippen LogP contribution >= 0.6 is 0 Å². The quantitative estimate of drug-likeness (QED) is 0.365. The van der Waals surface area contributed by atoms with E-state index in [9.17, 15) is 14.7 Å². The Morgan fingerprint density at radius 2 is 1.64 bits per heavy atom. The second-order valence-corrected chi connectivity index (χ2v) is 11.2. The van der Waals surface area contributed by atoms with Crippen LogP contribution in [0, 0.1) is 17.3 Å². The molecular weight excluding hydrogens is 494 g/mol. The first kappa shape index (κ1) is 28.3. The molecule has 0 spiro atoms. The standard InChI is InChI=1S/C32H39NO6/c1-7-33(30(35)20-10-13-24(34)14-11-20)27-19-29(38-6)28(37-5)18-26(27)23-9-8-22-17-25(15-12-21(22)16-23)39-31(36)32(2,3)4/h10-15,17-19,23,26-27,34H,7-9,16H2,1-6H3/t23-,26?,27?/m1/s1. The van der Waals surface area contributed by atoms with Gasteiger partial charge in [-0.1, -0.05) is 6.07 Å². The van der Waals surface area contributed by atoms with Crippen molar-refractivity contribution >= 4 is 11.9 Å². The van der Waals surface area contributed by atoms with E-state index in [0.29, 0.717) is 29.4 Å². The van der Waals surface area contributed by atoms with Crippen molar-refractivity contribution in [3.05, 3.63) is 82.8 Å². The molecule has 2 aromatic rings. The first-order valence-electron chi connectivity index (χ1n) is 13.5. The van der Waals surface area contributed by atoms with E-state index < -0.39 is 5.41 Å². The molecule has 7 nitrogen and oxygen atoms in total. The lowest BCUT2D eigenvalue weighted by atomic mass is 9.72. The minimum absolute atomic E-state index is 0.00594. The Bertz CT molecular complexity index is 1270. The number of amides is 1. The maximum absolute atomic E-state index is 13.6. The number of esters is 1. The van der Waals surface area contributed by atoms with Gasteiger partial charge in [-0.05, 0) is 113 Å². The molecule has 4 rings (SSSR count). The van der Waals surface area contributed by atoms with Gasteiger partial charge in [0.2, 0.25) is 0 Å². The second kappa shape index (κ2) is 11.6. The summed E-state index contributed by atoms with van der Waals surface area (Å²) in [7, 11) is 3.24. The first-order valence-corrected chi connectivity index (χ1v) is 13.5. The minimum atomic E-state index is -0.570. The Morgan fingerprint density at radius 3 is 2.26 bits per heavy atom. The fraction of sp³-hybridized carbons (Fsp3) is 0.438. The lowest BCUT2D eigenvalue weighted by Gasteiger charge is -2.41. The van der Waals surface area contributed by atoms with Gasteiger partial charge in [-0.15, -0.1) is 0 Å². The summed E-state index contributed by atoms with van der Waals surface area (Å²) in [5.74, 6) is 1.88. The van der Waals surface area contributed by atoms with Gasteiger partial charge in [0.25, 0.3) is 5.91 Å². The number of rotatable bonds is 7. The predicted octanol–water partition coefficient (Wildman–Crippen LogP) is 5.67. The van der Waals surface area contributed by atoms with E-state index in [1.54, 1.807) is 26.4 Å². The molecule has 0 radical (unpaired) electrons. The van der Waals surface area contributed by atoms with E-state index in [1.807, 2.05) is 50.8 Å². The van der Waals surface area contributed by atoms with Gasteiger partial charge in [0.15, 0.2) is 11.5 Å². The molecule has 39 heavy (non-hydrogen) atoms. The number of phenols is 1. The van der Waals surface area contributed by atoms with Crippen molar-refractivity contribution in [3.8, 4) is 11.5 Å². The summed E-state index contributed by atoms with van der Waals surface area (Å²) in [5.41, 5.74) is 2.37. The van der Waals surface area contributed by atoms with Crippen molar-refractivity contribution in [1.82, 2.24) is 4.90 Å². The zero-order chi connectivity index (χ0) is 28.3. The van der Waals surface area contributed by atoms with Crippen molar-refractivity contribution in [2.24, 2.45) is 17.3 Å². The highest BCUT2D eigenvalue weighted by atomic mass is 16.5. The number of hydrogen-bond donors (Lipinski definition) is 1. The minimum Gasteiger partial charge on any atom is -0.508 e. The molecule has 0 bridgehead atoms. The van der Waals surface area contributed by atoms with Crippen LogP contribution in [-0.2, 0) is 27.1 Å². The Balaban J connectivity index is 1.62. The molecule has 1 amide bonds. The highest BCUT2D eigenvalue weighted by molar-refractivity contribution is 5.94. The van der Waals surface area contributed by atoms with Gasteiger partial charge in [-0.25, -0.2) is 0 Å². The fourth-order valence-corrected chi connectivity index (χ4v) is 5.43. The molecule has 2 aliphatic rings. The Kier molecular flexibility index (Phi) is 8.38. The number of fused-ring (bicyclic) bond motifs is 1. The molecular formula is C32H39NO6. The van der Waals surface area contributed by atoms with Crippen LogP contribution in [0.5, 0.6) is 11.5 Å². The van der Waals surface area contributed by atoms with E-state index >= 15 is 0 Å². The van der Waals surface area contributed by atoms with Crippen LogP contribution in [0.1, 0.15) is 55.6 Å². The number of benzene rings is 2. The lowest BCUT2D eigenvalue weighted by Crippen LogP contribution is -2.47. The topological polar surface area (TPSA) is 85.3 Å². The zero-order valence-corrected chi connectivity index (χ0v) is 23.7. The normalized spacial score (nSPS) is 20.7. The van der Waals surface area contributed by atoms with Gasteiger partial charge >= 0.3 is 5.97 Å². The summed E-state index contributed by atoms with van der Waals surface area (Å²) in [5, 5.41) is 9.70. The summed E-state index contributed by atoms with van der Waals surface area (Å²) in [6.07, 6.45) is 6.69. The number of aromatic hydroxyl groups is 1. The maximum atomic E-state index is 13.6. The number of hydrogen-bond acceptors (Lipinski definition) is 6. The monoisotopic (exact) mass is 533 g/mol. The number of methoxy groups -OCH3 is 2. The van der Waals surface area contributed by atoms with Crippen LogP contribution in [-0.4, -0.2) is 48.7 Å². The maximum Gasteiger partial charge on any atom is 0.316 e. The van der Waals surface area contributed by atoms with Crippen LogP contribution in [0.4, 0.5) is 0 Å². The van der Waals surface area contributed by atoms with E-state index in [1.165, 1.54) is 23.3 Å². The number of likely N-dealkylation sites (N-methyl/N-ethyl adjacent to an activating group) is 1. The smallest absolute Gasteiger partial charge is 0.316 e. The predicted molar refractivity (Wildman–Crippen MR) is 149 cm³/mol. The molecule has 7 heteroatoms. The first-order chi connectivity index (χ1) is 18.5. The van der Waals surface area contributed by atoms with Gasteiger partial charge in [0, 0.05) is 18.0 Å². The molecule has 208 valence electrons. The third-order valence-electron chi connectivity index (χ3n) is 7.63. The molecule has 2 aromatic carbocycles. The highest BCUT2D eigenvalue weighted by Crippen LogP contribution is 2.40. The molecule has 0 saturated heterocycles. The third kappa shape index (κ3) is 6.13. The molecule has 0 fully saturated rings. The van der Waals surface area contributed by atoms with Gasteiger partial charge in [0.1, 0.15) is 11.5 Å². The Hall–Kier alpha value is -3.74. The number of phenolic OH excluding ortho intramolecular Hbond substituents is 1.